The molecule has 3 N–H and O–H groups in total. The molecule has 1 fully saturated rings. The van der Waals surface area contributed by atoms with Gasteiger partial charge in [-0.2, -0.15) is 0 Å². The van der Waals surface area contributed by atoms with Gasteiger partial charge in [-0.05, 0) is 25.0 Å². The van der Waals surface area contributed by atoms with Crippen LogP contribution in [0.5, 0.6) is 0 Å². The van der Waals surface area contributed by atoms with Crippen molar-refractivity contribution < 1.29 is 4.79 Å². The number of nitrogens with one attached hydrogen (secondary N) is 1. The van der Waals surface area contributed by atoms with Crippen LogP contribution in [-0.4, -0.2) is 30.1 Å². The minimum atomic E-state index is -0.170. The second kappa shape index (κ2) is 6.06. The fourth-order valence-corrected chi connectivity index (χ4v) is 2.83. The van der Waals surface area contributed by atoms with Crippen molar-refractivity contribution >= 4 is 11.7 Å². The molecule has 1 aliphatic rings. The van der Waals surface area contributed by atoms with E-state index in [1.807, 2.05) is 37.4 Å². The van der Waals surface area contributed by atoms with Crippen LogP contribution in [0.3, 0.4) is 0 Å². The Hall–Kier alpha value is -1.55. The maximum absolute atomic E-state index is 12.3. The highest BCUT2D eigenvalue weighted by Gasteiger charge is 2.37. The predicted molar refractivity (Wildman–Crippen MR) is 78.1 cm³/mol. The highest BCUT2D eigenvalue weighted by molar-refractivity contribution is 5.89. The Morgan fingerprint density at radius 1 is 1.26 bits per heavy atom. The molecule has 2 amide bonds. The van der Waals surface area contributed by atoms with Crippen LogP contribution in [0.4, 0.5) is 10.5 Å². The molecule has 0 heterocycles. The lowest BCUT2D eigenvalue weighted by atomic mass is 9.80. The second-order valence-corrected chi connectivity index (χ2v) is 5.34. The number of rotatable bonds is 3. The first-order chi connectivity index (χ1) is 9.18. The van der Waals surface area contributed by atoms with Gasteiger partial charge in [0.25, 0.3) is 0 Å². The SMILES string of the molecule is CN(C(=O)Nc1ccccc1)C1(CN)CCCCC1. The minimum absolute atomic E-state index is 0.0708. The van der Waals surface area contributed by atoms with E-state index in [4.69, 9.17) is 5.73 Å². The molecule has 1 aromatic carbocycles. The number of anilines is 1. The fraction of sp³-hybridized carbons (Fsp3) is 0.533. The summed E-state index contributed by atoms with van der Waals surface area (Å²) in [5.41, 5.74) is 6.60. The van der Waals surface area contributed by atoms with Gasteiger partial charge in [-0.25, -0.2) is 4.79 Å². The molecule has 1 aliphatic carbocycles. The van der Waals surface area contributed by atoms with Crippen LogP contribution < -0.4 is 11.1 Å². The number of urea groups is 1. The van der Waals surface area contributed by atoms with Crippen molar-refractivity contribution in [1.29, 1.82) is 0 Å². The quantitative estimate of drug-likeness (QED) is 0.879. The molecule has 104 valence electrons. The van der Waals surface area contributed by atoms with E-state index in [9.17, 15) is 4.79 Å². The number of hydrogen-bond donors (Lipinski definition) is 2. The van der Waals surface area contributed by atoms with E-state index < -0.39 is 0 Å². The lowest BCUT2D eigenvalue weighted by Crippen LogP contribution is -2.56. The van der Waals surface area contributed by atoms with E-state index in [1.54, 1.807) is 4.90 Å². The van der Waals surface area contributed by atoms with Gasteiger partial charge in [0, 0.05) is 19.3 Å². The van der Waals surface area contributed by atoms with Crippen molar-refractivity contribution in [2.24, 2.45) is 5.73 Å². The maximum Gasteiger partial charge on any atom is 0.322 e. The van der Waals surface area contributed by atoms with Crippen molar-refractivity contribution in [1.82, 2.24) is 4.90 Å². The van der Waals surface area contributed by atoms with Crippen LogP contribution in [-0.2, 0) is 0 Å². The first-order valence-corrected chi connectivity index (χ1v) is 6.98. The first kappa shape index (κ1) is 13.9. The number of carbonyl (C=O) groups excluding carboxylic acids is 1. The van der Waals surface area contributed by atoms with E-state index in [2.05, 4.69) is 5.32 Å². The van der Waals surface area contributed by atoms with Gasteiger partial charge in [-0.3, -0.25) is 0 Å². The Morgan fingerprint density at radius 3 is 2.47 bits per heavy atom. The normalized spacial score (nSPS) is 17.8. The topological polar surface area (TPSA) is 58.4 Å². The van der Waals surface area contributed by atoms with Crippen molar-refractivity contribution in [2.75, 3.05) is 18.9 Å². The lowest BCUT2D eigenvalue weighted by molar-refractivity contribution is 0.112. The molecule has 0 bridgehead atoms. The number of amides is 2. The molecule has 4 nitrogen and oxygen atoms in total. The van der Waals surface area contributed by atoms with E-state index in [0.717, 1.165) is 31.4 Å². The van der Waals surface area contributed by atoms with E-state index in [0.29, 0.717) is 6.54 Å². The van der Waals surface area contributed by atoms with Gasteiger partial charge in [0.1, 0.15) is 0 Å². The molecule has 0 saturated heterocycles. The van der Waals surface area contributed by atoms with Gasteiger partial charge in [0.05, 0.1) is 5.54 Å². The molecule has 0 aromatic heterocycles. The summed E-state index contributed by atoms with van der Waals surface area (Å²) in [7, 11) is 1.86. The molecule has 0 radical (unpaired) electrons. The van der Waals surface area contributed by atoms with Crippen molar-refractivity contribution in [3.8, 4) is 0 Å². The summed E-state index contributed by atoms with van der Waals surface area (Å²) >= 11 is 0. The van der Waals surface area contributed by atoms with Gasteiger partial charge in [0.15, 0.2) is 0 Å². The van der Waals surface area contributed by atoms with Crippen molar-refractivity contribution in [3.05, 3.63) is 30.3 Å². The van der Waals surface area contributed by atoms with Crippen LogP contribution in [0.25, 0.3) is 0 Å². The second-order valence-electron chi connectivity index (χ2n) is 5.34. The van der Waals surface area contributed by atoms with Crippen LogP contribution in [0, 0.1) is 0 Å². The molecule has 4 heteroatoms. The maximum atomic E-state index is 12.3. The molecule has 0 unspecified atom stereocenters. The zero-order valence-electron chi connectivity index (χ0n) is 11.6. The molecule has 0 atom stereocenters. The predicted octanol–water partition coefficient (Wildman–Crippen LogP) is 2.81. The minimum Gasteiger partial charge on any atom is -0.328 e. The van der Waals surface area contributed by atoms with E-state index in [1.165, 1.54) is 6.42 Å². The zero-order chi connectivity index (χ0) is 13.7. The molecule has 1 saturated carbocycles. The average molecular weight is 261 g/mol. The third kappa shape index (κ3) is 3.07. The van der Waals surface area contributed by atoms with Gasteiger partial charge in [0.2, 0.25) is 0 Å². The van der Waals surface area contributed by atoms with E-state index in [-0.39, 0.29) is 11.6 Å². The van der Waals surface area contributed by atoms with Gasteiger partial charge in [-0.15, -0.1) is 0 Å². The summed E-state index contributed by atoms with van der Waals surface area (Å²) in [4.78, 5) is 14.1. The molecule has 0 spiro atoms. The Balaban J connectivity index is 2.05. The Kier molecular flexibility index (Phi) is 4.43. The number of nitrogens with two attached hydrogens (primary N) is 1. The van der Waals surface area contributed by atoms with Gasteiger partial charge >= 0.3 is 6.03 Å². The third-order valence-corrected chi connectivity index (χ3v) is 4.21. The number of hydrogen-bond acceptors (Lipinski definition) is 2. The standard InChI is InChI=1S/C15H23N3O/c1-18(15(12-16)10-6-3-7-11-15)14(19)17-13-8-4-2-5-9-13/h2,4-5,8-9H,3,6-7,10-12,16H2,1H3,(H,17,19). The first-order valence-electron chi connectivity index (χ1n) is 6.98. The number of benzene rings is 1. The summed E-state index contributed by atoms with van der Waals surface area (Å²) in [6.45, 7) is 0.533. The molecule has 1 aromatic rings. The average Bonchev–Trinajstić information content (AvgIpc) is 2.48. The van der Waals surface area contributed by atoms with E-state index >= 15 is 0 Å². The zero-order valence-corrected chi connectivity index (χ0v) is 11.6. The van der Waals surface area contributed by atoms with Crippen molar-refractivity contribution in [2.45, 2.75) is 37.6 Å². The molecule has 19 heavy (non-hydrogen) atoms. The molecule has 0 aliphatic heterocycles. The molecular weight excluding hydrogens is 238 g/mol. The largest absolute Gasteiger partial charge is 0.328 e. The summed E-state index contributed by atoms with van der Waals surface area (Å²) in [5.74, 6) is 0. The monoisotopic (exact) mass is 261 g/mol. The number of para-hydroxylation sites is 1. The van der Waals surface area contributed by atoms with Crippen molar-refractivity contribution in [3.63, 3.8) is 0 Å². The summed E-state index contributed by atoms with van der Waals surface area (Å²) in [6, 6.07) is 9.47. The highest BCUT2D eigenvalue weighted by atomic mass is 16.2. The van der Waals surface area contributed by atoms with Crippen LogP contribution in [0.2, 0.25) is 0 Å². The Labute approximate surface area is 115 Å². The van der Waals surface area contributed by atoms with Crippen LogP contribution in [0.1, 0.15) is 32.1 Å². The number of nitrogens with zero attached hydrogens (tertiary/aromatic N) is 1. The summed E-state index contributed by atoms with van der Waals surface area (Å²) in [6.07, 6.45) is 5.56. The third-order valence-electron chi connectivity index (χ3n) is 4.21. The fourth-order valence-electron chi connectivity index (χ4n) is 2.83. The van der Waals surface area contributed by atoms with Gasteiger partial charge < -0.3 is 16.0 Å². The highest BCUT2D eigenvalue weighted by Crippen LogP contribution is 2.32. The van der Waals surface area contributed by atoms with Crippen LogP contribution in [0.15, 0.2) is 30.3 Å². The number of carbonyl (C=O) groups is 1. The lowest BCUT2D eigenvalue weighted by Gasteiger charge is -2.43. The number of likely N-dealkylation sites (N-methyl/N-ethyl adjacent to an activating group) is 1. The van der Waals surface area contributed by atoms with Crippen LogP contribution >= 0.6 is 0 Å². The Morgan fingerprint density at radius 2 is 1.89 bits per heavy atom. The van der Waals surface area contributed by atoms with Gasteiger partial charge in [-0.1, -0.05) is 37.5 Å². The summed E-state index contributed by atoms with van der Waals surface area (Å²) in [5, 5.41) is 2.93. The Bertz CT molecular complexity index is 413. The molecule has 2 rings (SSSR count). The summed E-state index contributed by atoms with van der Waals surface area (Å²) < 4.78 is 0. The smallest absolute Gasteiger partial charge is 0.322 e. The molecular formula is C15H23N3O.